The summed E-state index contributed by atoms with van der Waals surface area (Å²) in [4.78, 5) is 14.0. The Morgan fingerprint density at radius 2 is 1.00 bits per heavy atom. The Morgan fingerprint density at radius 3 is 1.47 bits per heavy atom. The number of aromatic hydroxyl groups is 2. The van der Waals surface area contributed by atoms with Crippen LogP contribution in [0.15, 0.2) is 39.5 Å². The molecule has 22 nitrogen and oxygen atoms in total. The van der Waals surface area contributed by atoms with E-state index < -0.39 is 163 Å². The molecule has 0 amide bonds. The zero-order valence-corrected chi connectivity index (χ0v) is 28.2. The molecule has 3 aliphatic rings. The highest BCUT2D eigenvalue weighted by Gasteiger charge is 2.48. The monoisotopic (exact) mass is 788 g/mol. The van der Waals surface area contributed by atoms with Gasteiger partial charge in [0.05, 0.1) is 19.8 Å². The van der Waals surface area contributed by atoms with Gasteiger partial charge in [0.25, 0.3) is 0 Å². The van der Waals surface area contributed by atoms with Gasteiger partial charge < -0.3 is 104 Å². The van der Waals surface area contributed by atoms with Crippen LogP contribution in [0.1, 0.15) is 0 Å². The first-order valence-corrected chi connectivity index (χ1v) is 16.7. The zero-order valence-electron chi connectivity index (χ0n) is 28.2. The maximum atomic E-state index is 14.0. The number of phenols is 2. The van der Waals surface area contributed by atoms with Gasteiger partial charge in [0.1, 0.15) is 95.7 Å². The van der Waals surface area contributed by atoms with E-state index in [1.807, 2.05) is 0 Å². The number of hydrogen-bond acceptors (Lipinski definition) is 22. The molecular weight excluding hydrogens is 748 g/mol. The molecule has 1 aromatic heterocycles. The van der Waals surface area contributed by atoms with Crippen LogP contribution < -0.4 is 19.6 Å². The van der Waals surface area contributed by atoms with Crippen molar-refractivity contribution in [2.75, 3.05) is 19.8 Å². The van der Waals surface area contributed by atoms with Crippen molar-refractivity contribution < 1.29 is 104 Å². The summed E-state index contributed by atoms with van der Waals surface area (Å²) in [6.07, 6.45) is -27.1. The van der Waals surface area contributed by atoms with E-state index in [1.54, 1.807) is 0 Å². The van der Waals surface area contributed by atoms with E-state index in [0.29, 0.717) is 0 Å². The van der Waals surface area contributed by atoms with E-state index in [0.717, 1.165) is 24.3 Å². The summed E-state index contributed by atoms with van der Waals surface area (Å²) in [6, 6.07) is 5.08. The molecule has 4 heterocycles. The third-order valence-electron chi connectivity index (χ3n) is 9.39. The van der Waals surface area contributed by atoms with E-state index in [9.17, 15) is 76.3 Å². The van der Waals surface area contributed by atoms with Gasteiger partial charge in [-0.15, -0.1) is 0 Å². The van der Waals surface area contributed by atoms with Gasteiger partial charge in [-0.2, -0.15) is 0 Å². The van der Waals surface area contributed by atoms with E-state index in [1.165, 1.54) is 6.07 Å². The Hall–Kier alpha value is -3.95. The van der Waals surface area contributed by atoms with Crippen molar-refractivity contribution in [3.8, 4) is 40.1 Å². The number of fused-ring (bicyclic) bond motifs is 1. The van der Waals surface area contributed by atoms with Crippen LogP contribution in [0.25, 0.3) is 22.3 Å². The van der Waals surface area contributed by atoms with Crippen LogP contribution in [0.3, 0.4) is 0 Å². The first kappa shape index (κ1) is 40.7. The molecule has 304 valence electrons. The fourth-order valence-corrected chi connectivity index (χ4v) is 6.26. The largest absolute Gasteiger partial charge is 0.508 e. The summed E-state index contributed by atoms with van der Waals surface area (Å²) in [5, 5.41) is 143. The highest BCUT2D eigenvalue weighted by atomic mass is 16.7. The number of hydrogen-bond donors (Lipinski definition) is 14. The molecule has 3 fully saturated rings. The van der Waals surface area contributed by atoms with Crippen LogP contribution in [-0.2, 0) is 14.2 Å². The molecule has 3 aliphatic heterocycles. The Labute approximate surface area is 307 Å². The smallest absolute Gasteiger partial charge is 0.239 e. The van der Waals surface area contributed by atoms with Crippen LogP contribution in [0.2, 0.25) is 0 Å². The van der Waals surface area contributed by atoms with Crippen molar-refractivity contribution in [3.63, 3.8) is 0 Å². The fraction of sp³-hybridized carbons (Fsp3) is 0.545. The molecule has 0 saturated carbocycles. The number of phenolic OH excluding ortho intramolecular Hbond substituents is 2. The van der Waals surface area contributed by atoms with E-state index in [2.05, 4.69) is 0 Å². The first-order valence-electron chi connectivity index (χ1n) is 16.7. The Bertz CT molecular complexity index is 1870. The number of aliphatic hydroxyl groups is 12. The molecule has 3 saturated heterocycles. The highest BCUT2D eigenvalue weighted by molar-refractivity contribution is 5.88. The summed E-state index contributed by atoms with van der Waals surface area (Å²) in [5.41, 5.74) is -1.76. The number of rotatable bonds is 10. The number of ether oxygens (including phenoxy) is 6. The maximum Gasteiger partial charge on any atom is 0.239 e. The average molecular weight is 789 g/mol. The summed E-state index contributed by atoms with van der Waals surface area (Å²) >= 11 is 0. The quantitative estimate of drug-likeness (QED) is 0.0910. The molecule has 22 heteroatoms. The first-order chi connectivity index (χ1) is 26.1. The predicted molar refractivity (Wildman–Crippen MR) is 174 cm³/mol. The lowest BCUT2D eigenvalue weighted by molar-refractivity contribution is -0.282. The lowest BCUT2D eigenvalue weighted by Crippen LogP contribution is -2.60. The number of benzene rings is 2. The second-order valence-corrected chi connectivity index (χ2v) is 13.0. The van der Waals surface area contributed by atoms with Crippen molar-refractivity contribution in [1.82, 2.24) is 0 Å². The summed E-state index contributed by atoms with van der Waals surface area (Å²) in [5.74, 6) is -3.60. The molecule has 0 unspecified atom stereocenters. The molecule has 14 N–H and O–H groups in total. The Kier molecular flexibility index (Phi) is 12.0. The summed E-state index contributed by atoms with van der Waals surface area (Å²) in [7, 11) is 0. The number of aliphatic hydroxyl groups excluding tert-OH is 12. The lowest BCUT2D eigenvalue weighted by atomic mass is 9.99. The molecule has 55 heavy (non-hydrogen) atoms. The second-order valence-electron chi connectivity index (χ2n) is 13.0. The van der Waals surface area contributed by atoms with E-state index >= 15 is 0 Å². The molecule has 2 aromatic carbocycles. The van der Waals surface area contributed by atoms with Crippen LogP contribution >= 0.6 is 0 Å². The molecule has 6 rings (SSSR count). The van der Waals surface area contributed by atoms with Gasteiger partial charge in [-0.3, -0.25) is 4.79 Å². The van der Waals surface area contributed by atoms with Crippen LogP contribution in [0, 0.1) is 0 Å². The van der Waals surface area contributed by atoms with Crippen molar-refractivity contribution in [2.24, 2.45) is 0 Å². The minimum absolute atomic E-state index is 0.206. The summed E-state index contributed by atoms with van der Waals surface area (Å²) < 4.78 is 39.5. The molecular formula is C33H40O22. The summed E-state index contributed by atoms with van der Waals surface area (Å²) in [6.45, 7) is -2.53. The maximum absolute atomic E-state index is 14.0. The van der Waals surface area contributed by atoms with Gasteiger partial charge >= 0.3 is 0 Å². The van der Waals surface area contributed by atoms with Crippen LogP contribution in [-0.4, -0.2) is 183 Å². The third-order valence-corrected chi connectivity index (χ3v) is 9.39. The average Bonchev–Trinajstić information content (AvgIpc) is 3.16. The molecule has 0 spiro atoms. The van der Waals surface area contributed by atoms with Crippen molar-refractivity contribution in [1.29, 1.82) is 0 Å². The molecule has 0 radical (unpaired) electrons. The SMILES string of the molecule is O=c1c(O[C@H]2O[C@H](CO)[C@H](O)[C@@H](O)[C@H]2O)c(-c2ccc(O[C@H]3O[C@H](CO)[C@H](O)[C@@H](O)[C@H]3O)c(O[C@@H]3O[C@H](CO)[C@H](O)[C@@H](O)[C@H]3O)c2)oc2cc(O)cc(O)c12. The minimum Gasteiger partial charge on any atom is -0.508 e. The van der Waals surface area contributed by atoms with Gasteiger partial charge in [-0.1, -0.05) is 0 Å². The van der Waals surface area contributed by atoms with Crippen molar-refractivity contribution >= 4 is 11.0 Å². The fourth-order valence-electron chi connectivity index (χ4n) is 6.26. The zero-order chi connectivity index (χ0) is 40.0. The topological polar surface area (TPSA) is 369 Å². The third kappa shape index (κ3) is 7.63. The van der Waals surface area contributed by atoms with Gasteiger partial charge in [0, 0.05) is 17.7 Å². The van der Waals surface area contributed by atoms with Gasteiger partial charge in [-0.05, 0) is 18.2 Å². The standard InChI is InChI=1S/C33H40O22/c34-6-15-19(39)23(43)26(46)31(52-15)50-12-2-1-9(3-13(12)51-32-27(47)24(44)20(40)16(7-35)53-32)29-30(22(42)18-11(38)4-10(37)5-14(18)49-29)55-33-28(48)25(45)21(41)17(8-36)54-33/h1-5,15-17,19-21,23-28,31-41,43-48H,6-8H2/t15-,16-,17-,19+,20+,21+,23-,24-,25-,26-,27-,28-,31+,32-,33-/m1/s1. The lowest BCUT2D eigenvalue weighted by Gasteiger charge is -2.41. The van der Waals surface area contributed by atoms with Gasteiger partial charge in [-0.25, -0.2) is 0 Å². The van der Waals surface area contributed by atoms with Crippen LogP contribution in [0.5, 0.6) is 28.7 Å². The van der Waals surface area contributed by atoms with E-state index in [-0.39, 0.29) is 5.56 Å². The highest BCUT2D eigenvalue weighted by Crippen LogP contribution is 2.42. The molecule has 15 atom stereocenters. The van der Waals surface area contributed by atoms with Crippen LogP contribution in [0.4, 0.5) is 0 Å². The molecule has 3 aromatic rings. The molecule has 0 aliphatic carbocycles. The van der Waals surface area contributed by atoms with E-state index in [4.69, 9.17) is 32.8 Å². The minimum atomic E-state index is -2.03. The van der Waals surface area contributed by atoms with Crippen molar-refractivity contribution in [2.45, 2.75) is 92.1 Å². The normalized spacial score (nSPS) is 36.8. The predicted octanol–water partition coefficient (Wildman–Crippen LogP) is -5.59. The Balaban J connectivity index is 1.48. The second kappa shape index (κ2) is 16.3. The van der Waals surface area contributed by atoms with Gasteiger partial charge in [0.15, 0.2) is 17.3 Å². The Morgan fingerprint density at radius 1 is 0.545 bits per heavy atom. The van der Waals surface area contributed by atoms with Crippen molar-refractivity contribution in [3.05, 3.63) is 40.6 Å². The molecule has 0 bridgehead atoms. The van der Waals surface area contributed by atoms with Gasteiger partial charge in [0.2, 0.25) is 30.0 Å².